The molecule has 30 heavy (non-hydrogen) atoms. The average molecular weight is 413 g/mol. The third-order valence-corrected chi connectivity index (χ3v) is 4.88. The molecule has 0 bridgehead atoms. The first-order chi connectivity index (χ1) is 14.5. The van der Waals surface area contributed by atoms with Crippen LogP contribution in [-0.2, 0) is 11.2 Å². The Morgan fingerprint density at radius 2 is 1.90 bits per heavy atom. The smallest absolute Gasteiger partial charge is 0.321 e. The Balaban J connectivity index is 2.21. The van der Waals surface area contributed by atoms with Gasteiger partial charge in [-0.2, -0.15) is 0 Å². The van der Waals surface area contributed by atoms with Crippen molar-refractivity contribution >= 4 is 17.7 Å². The Hall–Kier alpha value is -3.02. The third kappa shape index (κ3) is 6.79. The highest BCUT2D eigenvalue weighted by Gasteiger charge is 2.13. The molecule has 2 amide bonds. The van der Waals surface area contributed by atoms with E-state index in [1.165, 1.54) is 0 Å². The minimum absolute atomic E-state index is 0.0819. The second-order valence-electron chi connectivity index (χ2n) is 7.21. The molecule has 0 fully saturated rings. The molecule has 0 unspecified atom stereocenters. The lowest BCUT2D eigenvalue weighted by molar-refractivity contribution is -0.136. The van der Waals surface area contributed by atoms with Crippen molar-refractivity contribution in [3.05, 3.63) is 48.0 Å². The van der Waals surface area contributed by atoms with Gasteiger partial charge < -0.3 is 15.2 Å². The van der Waals surface area contributed by atoms with Crippen LogP contribution in [0.2, 0.25) is 0 Å². The summed E-state index contributed by atoms with van der Waals surface area (Å²) in [5.74, 6) is -0.107. The molecule has 0 aromatic heterocycles. The van der Waals surface area contributed by atoms with Gasteiger partial charge in [-0.15, -0.1) is 0 Å². The van der Waals surface area contributed by atoms with Gasteiger partial charge in [0.2, 0.25) is 0 Å². The van der Waals surface area contributed by atoms with Crippen molar-refractivity contribution in [1.29, 1.82) is 0 Å². The molecule has 2 rings (SSSR count). The van der Waals surface area contributed by atoms with E-state index in [1.54, 1.807) is 11.9 Å². The van der Waals surface area contributed by atoms with Crippen LogP contribution in [0.25, 0.3) is 11.1 Å². The molecule has 0 heterocycles. The average Bonchev–Trinajstić information content (AvgIpc) is 2.75. The number of carbonyl (C=O) groups is 2. The monoisotopic (exact) mass is 412 g/mol. The Kier molecular flexibility index (Phi) is 9.19. The van der Waals surface area contributed by atoms with E-state index in [0.717, 1.165) is 41.6 Å². The van der Waals surface area contributed by atoms with Crippen molar-refractivity contribution in [3.63, 3.8) is 0 Å². The van der Waals surface area contributed by atoms with Gasteiger partial charge in [-0.25, -0.2) is 4.79 Å². The summed E-state index contributed by atoms with van der Waals surface area (Å²) in [6.45, 7) is 5.23. The number of benzene rings is 2. The third-order valence-electron chi connectivity index (χ3n) is 4.88. The molecule has 6 nitrogen and oxygen atoms in total. The van der Waals surface area contributed by atoms with Crippen molar-refractivity contribution < 1.29 is 19.4 Å². The van der Waals surface area contributed by atoms with Crippen molar-refractivity contribution in [1.82, 2.24) is 5.32 Å². The van der Waals surface area contributed by atoms with Crippen LogP contribution in [0, 0.1) is 0 Å². The number of nitrogens with zero attached hydrogens (tertiary/aromatic N) is 1. The van der Waals surface area contributed by atoms with Gasteiger partial charge >= 0.3 is 12.0 Å². The van der Waals surface area contributed by atoms with E-state index in [9.17, 15) is 9.59 Å². The molecule has 0 radical (unpaired) electrons. The first kappa shape index (κ1) is 23.3. The van der Waals surface area contributed by atoms with Crippen LogP contribution < -0.4 is 15.0 Å². The highest BCUT2D eigenvalue weighted by Crippen LogP contribution is 2.33. The summed E-state index contributed by atoms with van der Waals surface area (Å²) in [5.41, 5.74) is 3.56. The number of aryl methyl sites for hydroxylation is 1. The van der Waals surface area contributed by atoms with E-state index in [2.05, 4.69) is 12.2 Å². The number of anilines is 1. The Morgan fingerprint density at radius 3 is 2.60 bits per heavy atom. The van der Waals surface area contributed by atoms with Gasteiger partial charge in [-0.3, -0.25) is 9.69 Å². The van der Waals surface area contributed by atoms with Gasteiger partial charge in [0.1, 0.15) is 5.75 Å². The number of amides is 2. The maximum Gasteiger partial charge on any atom is 0.321 e. The summed E-state index contributed by atoms with van der Waals surface area (Å²) in [6.07, 6.45) is 3.73. The first-order valence-electron chi connectivity index (χ1n) is 10.6. The Labute approximate surface area is 178 Å². The summed E-state index contributed by atoms with van der Waals surface area (Å²) >= 11 is 0. The maximum absolute atomic E-state index is 12.4. The Morgan fingerprint density at radius 1 is 1.10 bits per heavy atom. The van der Waals surface area contributed by atoms with E-state index in [4.69, 9.17) is 9.84 Å². The summed E-state index contributed by atoms with van der Waals surface area (Å²) in [6, 6.07) is 13.4. The van der Waals surface area contributed by atoms with Gasteiger partial charge in [0.25, 0.3) is 0 Å². The van der Waals surface area contributed by atoms with Crippen molar-refractivity contribution in [3.8, 4) is 16.9 Å². The summed E-state index contributed by atoms with van der Waals surface area (Å²) in [5, 5.41) is 11.9. The van der Waals surface area contributed by atoms with Gasteiger partial charge in [-0.05, 0) is 49.1 Å². The second-order valence-corrected chi connectivity index (χ2v) is 7.21. The number of urea groups is 1. The number of carbonyl (C=O) groups excluding carboxylic acids is 1. The van der Waals surface area contributed by atoms with Gasteiger partial charge in [0, 0.05) is 31.3 Å². The van der Waals surface area contributed by atoms with Crippen LogP contribution in [0.4, 0.5) is 10.5 Å². The molecule has 2 aromatic rings. The number of nitrogens with one attached hydrogen (secondary N) is 1. The van der Waals surface area contributed by atoms with Crippen molar-refractivity contribution in [2.45, 2.75) is 46.0 Å². The molecule has 0 saturated carbocycles. The van der Waals surface area contributed by atoms with Crippen LogP contribution in [0.15, 0.2) is 42.5 Å². The largest absolute Gasteiger partial charge is 0.493 e. The highest BCUT2D eigenvalue weighted by atomic mass is 16.5. The lowest BCUT2D eigenvalue weighted by atomic mass is 10.00. The van der Waals surface area contributed by atoms with Crippen molar-refractivity contribution in [2.75, 3.05) is 25.1 Å². The SMILES string of the molecule is CCCCCNC(=O)N(C)c1cccc(-c2ccc(CCC(=O)O)cc2OCC)c1. The van der Waals surface area contributed by atoms with Gasteiger partial charge in [0.05, 0.1) is 6.61 Å². The normalized spacial score (nSPS) is 10.5. The van der Waals surface area contributed by atoms with Crippen LogP contribution >= 0.6 is 0 Å². The highest BCUT2D eigenvalue weighted by molar-refractivity contribution is 5.92. The standard InChI is InChI=1S/C24H32N2O4/c1-4-6-7-15-25-24(29)26(3)20-10-8-9-19(17-20)21-13-11-18(12-14-23(27)28)16-22(21)30-5-2/h8-11,13,16-17H,4-7,12,14-15H2,1-3H3,(H,25,29)(H,27,28). The summed E-state index contributed by atoms with van der Waals surface area (Å²) < 4.78 is 5.82. The number of hydrogen-bond acceptors (Lipinski definition) is 3. The zero-order valence-corrected chi connectivity index (χ0v) is 18.1. The predicted octanol–water partition coefficient (Wildman–Crippen LogP) is 5.11. The maximum atomic E-state index is 12.4. The number of carboxylic acid groups (broad SMARTS) is 1. The van der Waals surface area contributed by atoms with Crippen LogP contribution in [0.1, 0.15) is 45.1 Å². The minimum Gasteiger partial charge on any atom is -0.493 e. The lowest BCUT2D eigenvalue weighted by Gasteiger charge is -2.19. The lowest BCUT2D eigenvalue weighted by Crippen LogP contribution is -2.37. The number of aliphatic carboxylic acids is 1. The number of carboxylic acids is 1. The van der Waals surface area contributed by atoms with E-state index in [0.29, 0.717) is 25.3 Å². The van der Waals surface area contributed by atoms with Gasteiger partial charge in [-0.1, -0.05) is 44.0 Å². The summed E-state index contributed by atoms with van der Waals surface area (Å²) in [4.78, 5) is 24.9. The number of ether oxygens (including phenoxy) is 1. The first-order valence-corrected chi connectivity index (χ1v) is 10.6. The molecule has 0 atom stereocenters. The van der Waals surface area contributed by atoms with E-state index in [1.807, 2.05) is 49.4 Å². The molecule has 6 heteroatoms. The number of rotatable bonds is 11. The van der Waals surface area contributed by atoms with E-state index >= 15 is 0 Å². The fraction of sp³-hybridized carbons (Fsp3) is 0.417. The number of hydrogen-bond donors (Lipinski definition) is 2. The summed E-state index contributed by atoms with van der Waals surface area (Å²) in [7, 11) is 1.76. The number of unbranched alkanes of at least 4 members (excludes halogenated alkanes) is 2. The molecule has 162 valence electrons. The van der Waals surface area contributed by atoms with E-state index < -0.39 is 5.97 Å². The second kappa shape index (κ2) is 11.9. The molecule has 0 aliphatic heterocycles. The minimum atomic E-state index is -0.819. The molecular formula is C24H32N2O4. The van der Waals surface area contributed by atoms with Crippen molar-refractivity contribution in [2.24, 2.45) is 0 Å². The fourth-order valence-electron chi connectivity index (χ4n) is 3.18. The quantitative estimate of drug-likeness (QED) is 0.503. The fourth-order valence-corrected chi connectivity index (χ4v) is 3.18. The topological polar surface area (TPSA) is 78.9 Å². The molecular weight excluding hydrogens is 380 g/mol. The predicted molar refractivity (Wildman–Crippen MR) is 120 cm³/mol. The van der Waals surface area contributed by atoms with Gasteiger partial charge in [0.15, 0.2) is 0 Å². The molecule has 2 aromatic carbocycles. The molecule has 0 aliphatic rings. The van der Waals surface area contributed by atoms with Crippen LogP contribution in [-0.4, -0.2) is 37.3 Å². The Bertz CT molecular complexity index is 851. The molecule has 0 aliphatic carbocycles. The molecule has 0 saturated heterocycles. The zero-order valence-electron chi connectivity index (χ0n) is 18.1. The zero-order chi connectivity index (χ0) is 21.9. The molecule has 2 N–H and O–H groups in total. The van der Waals surface area contributed by atoms with E-state index in [-0.39, 0.29) is 12.5 Å². The van der Waals surface area contributed by atoms with Crippen LogP contribution in [0.3, 0.4) is 0 Å². The van der Waals surface area contributed by atoms with Crippen LogP contribution in [0.5, 0.6) is 5.75 Å². The molecule has 0 spiro atoms.